The number of anilines is 1. The molecule has 0 unspecified atom stereocenters. The number of morpholine rings is 1. The number of rotatable bonds is 3. The molecule has 0 radical (unpaired) electrons. The zero-order valence-electron chi connectivity index (χ0n) is 14.7. The first-order valence-corrected chi connectivity index (χ1v) is 9.45. The largest absolute Gasteiger partial charge is 0.374 e. The van der Waals surface area contributed by atoms with E-state index < -0.39 is 0 Å². The number of piperazine rings is 1. The monoisotopic (exact) mass is 345 g/mol. The Morgan fingerprint density at radius 3 is 2.76 bits per heavy atom. The van der Waals surface area contributed by atoms with Gasteiger partial charge in [-0.05, 0) is 12.8 Å². The Kier molecular flexibility index (Phi) is 5.12. The minimum atomic E-state index is 0.264. The van der Waals surface area contributed by atoms with Crippen molar-refractivity contribution in [3.8, 4) is 0 Å². The first-order chi connectivity index (χ1) is 12.3. The van der Waals surface area contributed by atoms with Crippen LogP contribution in [-0.4, -0.2) is 83.7 Å². The van der Waals surface area contributed by atoms with Crippen LogP contribution in [-0.2, 0) is 9.53 Å². The van der Waals surface area contributed by atoms with Crippen molar-refractivity contribution in [2.45, 2.75) is 37.8 Å². The molecular weight excluding hydrogens is 318 g/mol. The molecule has 1 saturated carbocycles. The number of carbonyl (C=O) groups is 1. The van der Waals surface area contributed by atoms with E-state index in [1.807, 2.05) is 0 Å². The van der Waals surface area contributed by atoms with E-state index in [2.05, 4.69) is 24.7 Å². The minimum Gasteiger partial charge on any atom is -0.374 e. The standard InChI is InChI=1S/C18H27N5O2/c24-18(23-11-12-25-16-4-2-1-3-15(16)23)14-21-7-9-22(10-8-21)17-13-19-5-6-20-17/h5-6,13,15-16H,1-4,7-12,14H2/t15-,16+/m0/s1. The number of carbonyl (C=O) groups excluding carboxylic acids is 1. The maximum Gasteiger partial charge on any atom is 0.237 e. The van der Waals surface area contributed by atoms with Gasteiger partial charge in [0.1, 0.15) is 5.82 Å². The molecule has 2 aliphatic heterocycles. The molecule has 1 aromatic rings. The number of aromatic nitrogens is 2. The van der Waals surface area contributed by atoms with Crippen molar-refractivity contribution in [2.75, 3.05) is 50.8 Å². The molecule has 4 rings (SSSR count). The van der Waals surface area contributed by atoms with Crippen LogP contribution in [0.2, 0.25) is 0 Å². The third-order valence-corrected chi connectivity index (χ3v) is 5.66. The number of fused-ring (bicyclic) bond motifs is 1. The first kappa shape index (κ1) is 16.7. The van der Waals surface area contributed by atoms with Crippen LogP contribution in [0.25, 0.3) is 0 Å². The summed E-state index contributed by atoms with van der Waals surface area (Å²) in [4.78, 5) is 28.0. The highest BCUT2D eigenvalue weighted by molar-refractivity contribution is 5.79. The van der Waals surface area contributed by atoms with Crippen molar-refractivity contribution in [1.29, 1.82) is 0 Å². The lowest BCUT2D eigenvalue weighted by Gasteiger charge is -2.44. The van der Waals surface area contributed by atoms with Gasteiger partial charge in [0.25, 0.3) is 0 Å². The van der Waals surface area contributed by atoms with E-state index in [9.17, 15) is 4.79 Å². The highest BCUT2D eigenvalue weighted by atomic mass is 16.5. The molecule has 0 aromatic carbocycles. The topological polar surface area (TPSA) is 61.8 Å². The molecule has 7 nitrogen and oxygen atoms in total. The molecule has 2 atom stereocenters. The molecule has 1 amide bonds. The molecule has 7 heteroatoms. The Labute approximate surface area is 149 Å². The Morgan fingerprint density at radius 1 is 1.12 bits per heavy atom. The predicted molar refractivity (Wildman–Crippen MR) is 94.4 cm³/mol. The van der Waals surface area contributed by atoms with E-state index in [1.54, 1.807) is 18.6 Å². The molecular formula is C18H27N5O2. The molecule has 0 spiro atoms. The van der Waals surface area contributed by atoms with Crippen molar-refractivity contribution in [3.63, 3.8) is 0 Å². The van der Waals surface area contributed by atoms with E-state index >= 15 is 0 Å². The van der Waals surface area contributed by atoms with E-state index in [0.29, 0.717) is 19.2 Å². The van der Waals surface area contributed by atoms with E-state index in [1.165, 1.54) is 12.8 Å². The lowest BCUT2D eigenvalue weighted by Crippen LogP contribution is -2.58. The maximum absolute atomic E-state index is 12.9. The van der Waals surface area contributed by atoms with Gasteiger partial charge in [0, 0.05) is 45.1 Å². The molecule has 2 saturated heterocycles. The molecule has 0 N–H and O–H groups in total. The lowest BCUT2D eigenvalue weighted by molar-refractivity contribution is -0.150. The van der Waals surface area contributed by atoms with Crippen LogP contribution in [0, 0.1) is 0 Å². The summed E-state index contributed by atoms with van der Waals surface area (Å²) in [7, 11) is 0. The first-order valence-electron chi connectivity index (χ1n) is 9.45. The average molecular weight is 345 g/mol. The van der Waals surface area contributed by atoms with Crippen molar-refractivity contribution in [2.24, 2.45) is 0 Å². The Balaban J connectivity index is 1.30. The number of nitrogens with zero attached hydrogens (tertiary/aromatic N) is 5. The highest BCUT2D eigenvalue weighted by Gasteiger charge is 2.37. The number of ether oxygens (including phenoxy) is 1. The summed E-state index contributed by atoms with van der Waals surface area (Å²) < 4.78 is 5.89. The maximum atomic E-state index is 12.9. The predicted octanol–water partition coefficient (Wildman–Crippen LogP) is 0.769. The Bertz CT molecular complexity index is 574. The number of amides is 1. The Morgan fingerprint density at radius 2 is 1.96 bits per heavy atom. The molecule has 0 bridgehead atoms. The second-order valence-corrected chi connectivity index (χ2v) is 7.17. The van der Waals surface area contributed by atoms with Gasteiger partial charge >= 0.3 is 0 Å². The lowest BCUT2D eigenvalue weighted by atomic mass is 9.90. The van der Waals surface area contributed by atoms with Crippen molar-refractivity contribution in [1.82, 2.24) is 19.8 Å². The SMILES string of the molecule is O=C(CN1CCN(c2cnccn2)CC1)N1CCO[C@@H]2CCCC[C@@H]21. The molecule has 3 heterocycles. The van der Waals surface area contributed by atoms with Gasteiger partial charge in [0.15, 0.2) is 0 Å². The third-order valence-electron chi connectivity index (χ3n) is 5.66. The normalized spacial score (nSPS) is 27.8. The summed E-state index contributed by atoms with van der Waals surface area (Å²) in [6, 6.07) is 0.302. The van der Waals surface area contributed by atoms with Crippen LogP contribution in [0.3, 0.4) is 0 Å². The summed E-state index contributed by atoms with van der Waals surface area (Å²) in [6.45, 7) is 5.52. The molecule has 1 aromatic heterocycles. The highest BCUT2D eigenvalue weighted by Crippen LogP contribution is 2.28. The molecule has 25 heavy (non-hydrogen) atoms. The van der Waals surface area contributed by atoms with Gasteiger partial charge in [-0.2, -0.15) is 0 Å². The third kappa shape index (κ3) is 3.77. The quantitative estimate of drug-likeness (QED) is 0.806. The zero-order chi connectivity index (χ0) is 17.1. The van der Waals surface area contributed by atoms with Crippen LogP contribution in [0.5, 0.6) is 0 Å². The second-order valence-electron chi connectivity index (χ2n) is 7.17. The summed E-state index contributed by atoms with van der Waals surface area (Å²) in [5, 5.41) is 0. The van der Waals surface area contributed by atoms with Crippen molar-refractivity contribution < 1.29 is 9.53 Å². The van der Waals surface area contributed by atoms with Gasteiger partial charge in [0.2, 0.25) is 5.91 Å². The fourth-order valence-electron chi connectivity index (χ4n) is 4.28. The van der Waals surface area contributed by atoms with Crippen LogP contribution >= 0.6 is 0 Å². The average Bonchev–Trinajstić information content (AvgIpc) is 2.69. The fourth-order valence-corrected chi connectivity index (χ4v) is 4.28. The summed E-state index contributed by atoms with van der Waals surface area (Å²) in [5.41, 5.74) is 0. The van der Waals surface area contributed by atoms with Crippen LogP contribution in [0.15, 0.2) is 18.6 Å². The second kappa shape index (κ2) is 7.66. The van der Waals surface area contributed by atoms with Crippen LogP contribution in [0.4, 0.5) is 5.82 Å². The molecule has 3 aliphatic rings. The summed E-state index contributed by atoms with van der Waals surface area (Å²) in [6.07, 6.45) is 10.1. The van der Waals surface area contributed by atoms with Gasteiger partial charge in [-0.25, -0.2) is 4.98 Å². The van der Waals surface area contributed by atoms with Gasteiger partial charge in [0.05, 0.1) is 31.5 Å². The summed E-state index contributed by atoms with van der Waals surface area (Å²) >= 11 is 0. The number of hydrogen-bond donors (Lipinski definition) is 0. The summed E-state index contributed by atoms with van der Waals surface area (Å²) in [5.74, 6) is 1.19. The molecule has 136 valence electrons. The minimum absolute atomic E-state index is 0.264. The molecule has 1 aliphatic carbocycles. The smallest absolute Gasteiger partial charge is 0.237 e. The molecule has 3 fully saturated rings. The van der Waals surface area contributed by atoms with Gasteiger partial charge in [-0.3, -0.25) is 14.7 Å². The van der Waals surface area contributed by atoms with Gasteiger partial charge in [-0.1, -0.05) is 12.8 Å². The van der Waals surface area contributed by atoms with Crippen molar-refractivity contribution >= 4 is 11.7 Å². The van der Waals surface area contributed by atoms with E-state index in [4.69, 9.17) is 4.74 Å². The van der Waals surface area contributed by atoms with E-state index in [-0.39, 0.29) is 12.0 Å². The van der Waals surface area contributed by atoms with Crippen LogP contribution < -0.4 is 4.90 Å². The van der Waals surface area contributed by atoms with Gasteiger partial charge < -0.3 is 14.5 Å². The Hall–Kier alpha value is -1.73. The van der Waals surface area contributed by atoms with Gasteiger partial charge in [-0.15, -0.1) is 0 Å². The van der Waals surface area contributed by atoms with E-state index in [0.717, 1.165) is 51.4 Å². The zero-order valence-corrected chi connectivity index (χ0v) is 14.7. The van der Waals surface area contributed by atoms with Crippen molar-refractivity contribution in [3.05, 3.63) is 18.6 Å². The number of hydrogen-bond acceptors (Lipinski definition) is 6. The fraction of sp³-hybridized carbons (Fsp3) is 0.722. The van der Waals surface area contributed by atoms with Crippen LogP contribution in [0.1, 0.15) is 25.7 Å².